The number of dihydropyridines is 1. The Kier molecular flexibility index (Phi) is 7.15. The highest BCUT2D eigenvalue weighted by molar-refractivity contribution is 6.12. The molecule has 1 aliphatic heterocycles. The number of phenolic OH excluding ortho intramolecular Hbond substituents is 1. The Morgan fingerprint density at radius 2 is 1.97 bits per heavy atom. The van der Waals surface area contributed by atoms with E-state index in [1.54, 1.807) is 39.8 Å². The van der Waals surface area contributed by atoms with Crippen LogP contribution in [0.1, 0.15) is 52.5 Å². The molecule has 33 heavy (non-hydrogen) atoms. The highest BCUT2D eigenvalue weighted by Gasteiger charge is 2.47. The van der Waals surface area contributed by atoms with Crippen LogP contribution < -0.4 is 10.1 Å². The standard InChI is InChI=1S/C25H31NO7/c1-7-32-18-11-15(8-9-17(18)27)21-20(25(30)33-12(2)3)14(5)26-16-10-13(4)19(24(29)31-6)23(28)22(16)21/h8-9,11-13,19,21,26-27H,7,10H2,1-6H3/t13-,19-,21-/m0/s1. The predicted molar refractivity (Wildman–Crippen MR) is 120 cm³/mol. The fourth-order valence-electron chi connectivity index (χ4n) is 4.54. The Balaban J connectivity index is 2.22. The summed E-state index contributed by atoms with van der Waals surface area (Å²) < 4.78 is 15.9. The normalized spacial score (nSPS) is 22.6. The first-order chi connectivity index (χ1) is 15.6. The van der Waals surface area contributed by atoms with E-state index >= 15 is 0 Å². The van der Waals surface area contributed by atoms with Gasteiger partial charge in [-0.25, -0.2) is 4.79 Å². The van der Waals surface area contributed by atoms with Gasteiger partial charge in [-0.3, -0.25) is 9.59 Å². The van der Waals surface area contributed by atoms with Gasteiger partial charge in [-0.2, -0.15) is 0 Å². The molecule has 0 unspecified atom stereocenters. The second kappa shape index (κ2) is 9.68. The number of ether oxygens (including phenoxy) is 3. The summed E-state index contributed by atoms with van der Waals surface area (Å²) in [4.78, 5) is 39.3. The number of ketones is 1. The van der Waals surface area contributed by atoms with Crippen molar-refractivity contribution < 1.29 is 33.7 Å². The second-order valence-corrected chi connectivity index (χ2v) is 8.65. The lowest BCUT2D eigenvalue weighted by Crippen LogP contribution is -2.43. The summed E-state index contributed by atoms with van der Waals surface area (Å²) in [6, 6.07) is 4.73. The largest absolute Gasteiger partial charge is 0.504 e. The lowest BCUT2D eigenvalue weighted by Gasteiger charge is -2.38. The lowest BCUT2D eigenvalue weighted by atomic mass is 9.69. The van der Waals surface area contributed by atoms with Crippen LogP contribution in [0.4, 0.5) is 0 Å². The number of aromatic hydroxyl groups is 1. The van der Waals surface area contributed by atoms with Crippen molar-refractivity contribution in [2.75, 3.05) is 13.7 Å². The molecule has 8 heteroatoms. The van der Waals surface area contributed by atoms with Gasteiger partial charge in [0.2, 0.25) is 0 Å². The van der Waals surface area contributed by atoms with Gasteiger partial charge in [0.1, 0.15) is 5.92 Å². The van der Waals surface area contributed by atoms with Crippen LogP contribution in [0, 0.1) is 11.8 Å². The van der Waals surface area contributed by atoms with Crippen molar-refractivity contribution in [1.29, 1.82) is 0 Å². The zero-order valence-electron chi connectivity index (χ0n) is 19.9. The van der Waals surface area contributed by atoms with Crippen LogP contribution in [0.3, 0.4) is 0 Å². The van der Waals surface area contributed by atoms with Crippen molar-refractivity contribution in [3.63, 3.8) is 0 Å². The average molecular weight is 458 g/mol. The van der Waals surface area contributed by atoms with Crippen molar-refractivity contribution in [3.8, 4) is 11.5 Å². The van der Waals surface area contributed by atoms with E-state index in [0.29, 0.717) is 35.6 Å². The minimum absolute atomic E-state index is 0.0493. The van der Waals surface area contributed by atoms with Gasteiger partial charge in [-0.15, -0.1) is 0 Å². The molecule has 3 atom stereocenters. The van der Waals surface area contributed by atoms with Gasteiger partial charge in [0.25, 0.3) is 0 Å². The molecule has 2 aliphatic rings. The van der Waals surface area contributed by atoms with E-state index in [2.05, 4.69) is 5.32 Å². The molecule has 8 nitrogen and oxygen atoms in total. The first-order valence-electron chi connectivity index (χ1n) is 11.1. The number of hydrogen-bond donors (Lipinski definition) is 2. The molecule has 0 saturated heterocycles. The van der Waals surface area contributed by atoms with Gasteiger partial charge in [-0.1, -0.05) is 13.0 Å². The molecule has 0 amide bonds. The Hall–Kier alpha value is -3.29. The Labute approximate surface area is 193 Å². The molecule has 1 aromatic rings. The summed E-state index contributed by atoms with van der Waals surface area (Å²) in [5, 5.41) is 13.4. The van der Waals surface area contributed by atoms with Crippen LogP contribution >= 0.6 is 0 Å². The van der Waals surface area contributed by atoms with Gasteiger partial charge in [0.15, 0.2) is 17.3 Å². The molecular formula is C25H31NO7. The SMILES string of the molecule is CCOc1cc([C@H]2C(C(=O)OC(C)C)=C(C)NC3=C2C(=O)[C@@H](C(=O)OC)[C@@H](C)C3)ccc1O. The Bertz CT molecular complexity index is 1040. The number of rotatable bonds is 6. The van der Waals surface area contributed by atoms with Gasteiger partial charge >= 0.3 is 11.9 Å². The maximum atomic E-state index is 13.7. The third-order valence-corrected chi connectivity index (χ3v) is 5.92. The van der Waals surface area contributed by atoms with E-state index in [9.17, 15) is 19.5 Å². The highest BCUT2D eigenvalue weighted by Crippen LogP contribution is 2.46. The Morgan fingerprint density at radius 1 is 1.27 bits per heavy atom. The van der Waals surface area contributed by atoms with E-state index < -0.39 is 23.8 Å². The van der Waals surface area contributed by atoms with Crippen LogP contribution in [-0.4, -0.2) is 42.6 Å². The number of methoxy groups -OCH3 is 1. The van der Waals surface area contributed by atoms with E-state index in [1.807, 2.05) is 6.92 Å². The summed E-state index contributed by atoms with van der Waals surface area (Å²) in [5.41, 5.74) is 2.43. The summed E-state index contributed by atoms with van der Waals surface area (Å²) in [7, 11) is 1.26. The van der Waals surface area contributed by atoms with Crippen LogP contribution in [0.5, 0.6) is 11.5 Å². The molecule has 1 aliphatic carbocycles. The number of phenols is 1. The first kappa shape index (κ1) is 24.4. The van der Waals surface area contributed by atoms with Crippen LogP contribution in [-0.2, 0) is 23.9 Å². The molecule has 0 aromatic heterocycles. The van der Waals surface area contributed by atoms with E-state index in [-0.39, 0.29) is 34.9 Å². The van der Waals surface area contributed by atoms with Crippen molar-refractivity contribution in [2.24, 2.45) is 11.8 Å². The number of benzene rings is 1. The molecule has 3 rings (SSSR count). The zero-order valence-corrected chi connectivity index (χ0v) is 19.9. The first-order valence-corrected chi connectivity index (χ1v) is 11.1. The Morgan fingerprint density at radius 3 is 2.58 bits per heavy atom. The number of nitrogens with one attached hydrogen (secondary N) is 1. The highest BCUT2D eigenvalue weighted by atomic mass is 16.5. The lowest BCUT2D eigenvalue weighted by molar-refractivity contribution is -0.151. The molecule has 1 heterocycles. The number of hydrogen-bond acceptors (Lipinski definition) is 8. The van der Waals surface area contributed by atoms with Gasteiger partial charge < -0.3 is 24.6 Å². The summed E-state index contributed by atoms with van der Waals surface area (Å²) in [6.07, 6.45) is 0.0787. The van der Waals surface area contributed by atoms with Gasteiger partial charge in [0, 0.05) is 22.9 Å². The maximum absolute atomic E-state index is 13.7. The van der Waals surface area contributed by atoms with Crippen molar-refractivity contribution in [3.05, 3.63) is 46.3 Å². The van der Waals surface area contributed by atoms with E-state index in [4.69, 9.17) is 14.2 Å². The molecule has 0 bridgehead atoms. The molecule has 1 aromatic carbocycles. The maximum Gasteiger partial charge on any atom is 0.337 e. The summed E-state index contributed by atoms with van der Waals surface area (Å²) >= 11 is 0. The van der Waals surface area contributed by atoms with Crippen molar-refractivity contribution in [2.45, 2.75) is 53.1 Å². The van der Waals surface area contributed by atoms with E-state index in [0.717, 1.165) is 0 Å². The van der Waals surface area contributed by atoms with E-state index in [1.165, 1.54) is 13.2 Å². The predicted octanol–water partition coefficient (Wildman–Crippen LogP) is 3.36. The van der Waals surface area contributed by atoms with Crippen molar-refractivity contribution in [1.82, 2.24) is 5.32 Å². The number of carbonyl (C=O) groups excluding carboxylic acids is 3. The number of esters is 2. The fraction of sp³-hybridized carbons (Fsp3) is 0.480. The monoisotopic (exact) mass is 457 g/mol. The minimum atomic E-state index is -0.970. The van der Waals surface area contributed by atoms with Crippen LogP contribution in [0.25, 0.3) is 0 Å². The fourth-order valence-corrected chi connectivity index (χ4v) is 4.54. The number of carbonyl (C=O) groups is 3. The van der Waals surface area contributed by atoms with Gasteiger partial charge in [-0.05, 0) is 57.7 Å². The van der Waals surface area contributed by atoms with Crippen LogP contribution in [0.2, 0.25) is 0 Å². The number of Topliss-reactive ketones (excluding diaryl/α,β-unsaturated/α-hetero) is 1. The molecule has 178 valence electrons. The third-order valence-electron chi connectivity index (χ3n) is 5.92. The van der Waals surface area contributed by atoms with Crippen molar-refractivity contribution >= 4 is 17.7 Å². The zero-order chi connectivity index (χ0) is 24.4. The minimum Gasteiger partial charge on any atom is -0.504 e. The third kappa shape index (κ3) is 4.60. The molecule has 0 saturated carbocycles. The average Bonchev–Trinajstić information content (AvgIpc) is 2.73. The van der Waals surface area contributed by atoms with Gasteiger partial charge in [0.05, 0.1) is 25.4 Å². The number of allylic oxidation sites excluding steroid dienone is 3. The summed E-state index contributed by atoms with van der Waals surface area (Å²) in [6.45, 7) is 9.21. The second-order valence-electron chi connectivity index (χ2n) is 8.65. The molecule has 0 radical (unpaired) electrons. The molecule has 0 fully saturated rings. The van der Waals surface area contributed by atoms with Crippen LogP contribution in [0.15, 0.2) is 40.7 Å². The molecular weight excluding hydrogens is 426 g/mol. The topological polar surface area (TPSA) is 111 Å². The molecule has 2 N–H and O–H groups in total. The summed E-state index contributed by atoms with van der Waals surface area (Å²) in [5.74, 6) is -3.39. The molecule has 0 spiro atoms. The smallest absolute Gasteiger partial charge is 0.337 e. The quantitative estimate of drug-likeness (QED) is 0.494.